The highest BCUT2D eigenvalue weighted by molar-refractivity contribution is 6.30. The molecule has 0 spiro atoms. The van der Waals surface area contributed by atoms with Gasteiger partial charge in [0.25, 0.3) is 0 Å². The highest BCUT2D eigenvalue weighted by atomic mass is 35.5. The number of carbonyl (C=O) groups excluding carboxylic acids is 2. The number of amides is 2. The fourth-order valence-electron chi connectivity index (χ4n) is 2.94. The Kier molecular flexibility index (Phi) is 7.63. The largest absolute Gasteiger partial charge is 0.441 e. The van der Waals surface area contributed by atoms with Crippen LogP contribution in [0.1, 0.15) is 24.8 Å². The maximum absolute atomic E-state index is 12.5. The van der Waals surface area contributed by atoms with Gasteiger partial charge in [-0.25, -0.2) is 4.98 Å². The minimum atomic E-state index is -0.206. The van der Waals surface area contributed by atoms with E-state index in [1.165, 1.54) is 4.90 Å². The van der Waals surface area contributed by atoms with E-state index < -0.39 is 0 Å². The number of likely N-dealkylation sites (N-methyl/N-ethyl adjacent to an activating group) is 1. The molecule has 0 saturated heterocycles. The van der Waals surface area contributed by atoms with Crippen LogP contribution in [0.2, 0.25) is 5.02 Å². The van der Waals surface area contributed by atoms with E-state index in [1.54, 1.807) is 18.3 Å². The lowest BCUT2D eigenvalue weighted by molar-refractivity contribution is -0.135. The highest BCUT2D eigenvalue weighted by Crippen LogP contribution is 2.20. The molecule has 1 N–H and O–H groups in total. The number of aryl methyl sites for hydroxylation is 1. The number of nitrogens with one attached hydrogen (secondary N) is 1. The Morgan fingerprint density at radius 3 is 2.53 bits per heavy atom. The molecule has 0 aliphatic rings. The van der Waals surface area contributed by atoms with E-state index in [-0.39, 0.29) is 24.8 Å². The van der Waals surface area contributed by atoms with Crippen LogP contribution in [0.15, 0.2) is 65.2 Å². The summed E-state index contributed by atoms with van der Waals surface area (Å²) < 4.78 is 5.74. The molecular weight excluding hydrogens is 402 g/mol. The van der Waals surface area contributed by atoms with Crippen molar-refractivity contribution in [3.63, 3.8) is 0 Å². The zero-order chi connectivity index (χ0) is 21.3. The van der Waals surface area contributed by atoms with E-state index in [2.05, 4.69) is 10.3 Å². The van der Waals surface area contributed by atoms with Crippen LogP contribution >= 0.6 is 11.6 Å². The molecule has 156 valence electrons. The number of hydrogen-bond acceptors (Lipinski definition) is 4. The Labute approximate surface area is 180 Å². The van der Waals surface area contributed by atoms with Gasteiger partial charge in [0.05, 0.1) is 12.7 Å². The molecule has 3 aromatic rings. The highest BCUT2D eigenvalue weighted by Gasteiger charge is 2.17. The molecule has 0 fully saturated rings. The molecule has 30 heavy (non-hydrogen) atoms. The summed E-state index contributed by atoms with van der Waals surface area (Å²) in [5.41, 5.74) is 1.88. The minimum absolute atomic E-state index is 0.0176. The Morgan fingerprint density at radius 1 is 1.10 bits per heavy atom. The second kappa shape index (κ2) is 10.6. The molecule has 1 aromatic heterocycles. The van der Waals surface area contributed by atoms with E-state index in [0.717, 1.165) is 11.1 Å². The summed E-state index contributed by atoms with van der Waals surface area (Å²) in [5.74, 6) is 0.860. The summed E-state index contributed by atoms with van der Waals surface area (Å²) in [6.07, 6.45) is 2.28. The number of carbonyl (C=O) groups is 2. The van der Waals surface area contributed by atoms with Crippen LogP contribution in [-0.4, -0.2) is 34.8 Å². The normalized spacial score (nSPS) is 10.6. The summed E-state index contributed by atoms with van der Waals surface area (Å²) in [6, 6.07) is 16.9. The lowest BCUT2D eigenvalue weighted by Gasteiger charge is -2.20. The van der Waals surface area contributed by atoms with E-state index in [4.69, 9.17) is 16.0 Å². The van der Waals surface area contributed by atoms with Crippen LogP contribution in [0.4, 0.5) is 0 Å². The van der Waals surface area contributed by atoms with Crippen LogP contribution < -0.4 is 5.32 Å². The monoisotopic (exact) mass is 425 g/mol. The Bertz CT molecular complexity index is 971. The first-order chi connectivity index (χ1) is 14.5. The molecule has 0 bridgehead atoms. The number of rotatable bonds is 9. The zero-order valence-corrected chi connectivity index (χ0v) is 17.6. The number of nitrogens with zero attached hydrogens (tertiary/aromatic N) is 2. The van der Waals surface area contributed by atoms with Crippen molar-refractivity contribution in [2.24, 2.45) is 0 Å². The van der Waals surface area contributed by atoms with Crippen molar-refractivity contribution in [2.45, 2.75) is 26.3 Å². The maximum atomic E-state index is 12.5. The molecule has 0 aliphatic carbocycles. The lowest BCUT2D eigenvalue weighted by atomic mass is 10.2. The van der Waals surface area contributed by atoms with Gasteiger partial charge in [-0.3, -0.25) is 9.59 Å². The average Bonchev–Trinajstić information content (AvgIpc) is 3.25. The smallest absolute Gasteiger partial charge is 0.239 e. The molecular formula is C23H24ClN3O3. The number of halogens is 1. The Balaban J connectivity index is 1.46. The molecule has 7 heteroatoms. The molecule has 0 unspecified atom stereocenters. The lowest BCUT2D eigenvalue weighted by Crippen LogP contribution is -2.40. The second-order valence-electron chi connectivity index (χ2n) is 6.80. The van der Waals surface area contributed by atoms with Crippen molar-refractivity contribution in [1.29, 1.82) is 0 Å². The van der Waals surface area contributed by atoms with Crippen molar-refractivity contribution in [3.05, 3.63) is 77.3 Å². The molecule has 3 rings (SSSR count). The molecule has 0 saturated carbocycles. The van der Waals surface area contributed by atoms with Gasteiger partial charge in [-0.2, -0.15) is 0 Å². The fraction of sp³-hybridized carbons (Fsp3) is 0.261. The summed E-state index contributed by atoms with van der Waals surface area (Å²) in [4.78, 5) is 30.5. The van der Waals surface area contributed by atoms with E-state index in [0.29, 0.717) is 36.2 Å². The van der Waals surface area contributed by atoms with Crippen LogP contribution in [0, 0.1) is 0 Å². The Morgan fingerprint density at radius 2 is 1.83 bits per heavy atom. The van der Waals surface area contributed by atoms with Gasteiger partial charge < -0.3 is 14.6 Å². The second-order valence-corrected chi connectivity index (χ2v) is 7.23. The molecule has 2 amide bonds. The third-order valence-corrected chi connectivity index (χ3v) is 4.89. The third kappa shape index (κ3) is 6.19. The summed E-state index contributed by atoms with van der Waals surface area (Å²) in [7, 11) is 0. The molecule has 1 heterocycles. The zero-order valence-electron chi connectivity index (χ0n) is 16.8. The topological polar surface area (TPSA) is 75.4 Å². The van der Waals surface area contributed by atoms with Crippen LogP contribution in [0.5, 0.6) is 0 Å². The van der Waals surface area contributed by atoms with E-state index >= 15 is 0 Å². The number of hydrogen-bond donors (Lipinski definition) is 1. The first-order valence-electron chi connectivity index (χ1n) is 9.84. The predicted octanol–water partition coefficient (Wildman–Crippen LogP) is 4.09. The average molecular weight is 426 g/mol. The Hall–Kier alpha value is -3.12. The maximum Gasteiger partial charge on any atom is 0.239 e. The van der Waals surface area contributed by atoms with Crippen LogP contribution in [0.3, 0.4) is 0 Å². The van der Waals surface area contributed by atoms with Gasteiger partial charge in [0.15, 0.2) is 11.7 Å². The van der Waals surface area contributed by atoms with Crippen molar-refractivity contribution >= 4 is 23.4 Å². The van der Waals surface area contributed by atoms with Gasteiger partial charge in [-0.15, -0.1) is 0 Å². The summed E-state index contributed by atoms with van der Waals surface area (Å²) >= 11 is 5.86. The minimum Gasteiger partial charge on any atom is -0.441 e. The van der Waals surface area contributed by atoms with E-state index in [9.17, 15) is 9.59 Å². The first-order valence-corrected chi connectivity index (χ1v) is 10.2. The van der Waals surface area contributed by atoms with Gasteiger partial charge in [0, 0.05) is 36.5 Å². The third-order valence-electron chi connectivity index (χ3n) is 4.64. The SMILES string of the molecule is CCN(CC(=O)NCc1ccc(Cl)cc1)C(=O)CCc1ncc(-c2ccccc2)o1. The van der Waals surface area contributed by atoms with Crippen molar-refractivity contribution < 1.29 is 14.0 Å². The van der Waals surface area contributed by atoms with Gasteiger partial charge in [0.2, 0.25) is 11.8 Å². The predicted molar refractivity (Wildman–Crippen MR) is 116 cm³/mol. The van der Waals surface area contributed by atoms with Gasteiger partial charge in [-0.1, -0.05) is 54.1 Å². The van der Waals surface area contributed by atoms with Crippen molar-refractivity contribution in [2.75, 3.05) is 13.1 Å². The standard InChI is InChI=1S/C23H24ClN3O3/c1-2-27(16-21(28)25-14-17-8-10-19(24)11-9-17)23(29)13-12-22-26-15-20(30-22)18-6-4-3-5-7-18/h3-11,15H,2,12-14,16H2,1H3,(H,25,28). The molecule has 2 aromatic carbocycles. The molecule has 6 nitrogen and oxygen atoms in total. The fourth-order valence-corrected chi connectivity index (χ4v) is 3.07. The van der Waals surface area contributed by atoms with Crippen LogP contribution in [0.25, 0.3) is 11.3 Å². The summed E-state index contributed by atoms with van der Waals surface area (Å²) in [6.45, 7) is 2.71. The van der Waals surface area contributed by atoms with Gasteiger partial charge in [-0.05, 0) is 24.6 Å². The van der Waals surface area contributed by atoms with Gasteiger partial charge in [0.1, 0.15) is 0 Å². The molecule has 0 aliphatic heterocycles. The van der Waals surface area contributed by atoms with Crippen molar-refractivity contribution in [3.8, 4) is 11.3 Å². The van der Waals surface area contributed by atoms with E-state index in [1.807, 2.05) is 49.4 Å². The van der Waals surface area contributed by atoms with Crippen molar-refractivity contribution in [1.82, 2.24) is 15.2 Å². The van der Waals surface area contributed by atoms with Crippen LogP contribution in [-0.2, 0) is 22.6 Å². The summed E-state index contributed by atoms with van der Waals surface area (Å²) in [5, 5.41) is 3.47. The quantitative estimate of drug-likeness (QED) is 0.560. The number of aromatic nitrogens is 1. The number of benzene rings is 2. The van der Waals surface area contributed by atoms with Gasteiger partial charge >= 0.3 is 0 Å². The molecule has 0 atom stereocenters. The first kappa shape index (κ1) is 21.6. The number of oxazole rings is 1. The molecule has 0 radical (unpaired) electrons.